The van der Waals surface area contributed by atoms with Gasteiger partial charge in [-0.15, -0.1) is 5.10 Å². The van der Waals surface area contributed by atoms with E-state index in [0.29, 0.717) is 42.3 Å². The summed E-state index contributed by atoms with van der Waals surface area (Å²) in [6, 6.07) is 8.01. The van der Waals surface area contributed by atoms with Crippen molar-refractivity contribution >= 4 is 23.9 Å². The summed E-state index contributed by atoms with van der Waals surface area (Å²) in [5, 5.41) is 15.0. The minimum Gasteiger partial charge on any atom is -0.442 e. The van der Waals surface area contributed by atoms with Gasteiger partial charge >= 0.3 is 6.09 Å². The molecular weight excluding hydrogens is 403 g/mol. The Hall–Kier alpha value is -3.86. The van der Waals surface area contributed by atoms with Gasteiger partial charge in [0.1, 0.15) is 17.7 Å². The van der Waals surface area contributed by atoms with E-state index in [1.807, 2.05) is 0 Å². The van der Waals surface area contributed by atoms with Crippen LogP contribution in [0.2, 0.25) is 0 Å². The molecule has 1 atom stereocenters. The van der Waals surface area contributed by atoms with Gasteiger partial charge in [0.05, 0.1) is 31.3 Å². The highest BCUT2D eigenvalue weighted by molar-refractivity contribution is 5.90. The number of benzene rings is 1. The fourth-order valence-corrected chi connectivity index (χ4v) is 3.37. The first-order valence-corrected chi connectivity index (χ1v) is 9.64. The van der Waals surface area contributed by atoms with Crippen LogP contribution in [0, 0.1) is 11.2 Å². The van der Waals surface area contributed by atoms with Gasteiger partial charge in [-0.1, -0.05) is 5.21 Å². The molecule has 160 valence electrons. The zero-order chi connectivity index (χ0) is 21.8. The highest BCUT2D eigenvalue weighted by Crippen LogP contribution is 2.29. The number of nitrogens with one attached hydrogen (secondary N) is 1. The maximum absolute atomic E-state index is 14.9. The Bertz CT molecular complexity index is 1060. The van der Waals surface area contributed by atoms with Crippen molar-refractivity contribution in [2.24, 2.45) is 5.73 Å². The molecule has 1 amide bonds. The van der Waals surface area contributed by atoms with E-state index in [1.54, 1.807) is 52.4 Å². The van der Waals surface area contributed by atoms with Crippen LogP contribution >= 0.6 is 0 Å². The van der Waals surface area contributed by atoms with E-state index < -0.39 is 18.0 Å². The standard InChI is InChI=1S/C20H21FN8O2/c21-18-9-15(29-12-16(31-20(29)30)11-28-8-6-25-26-28)2-3-17(18)14-1-4-19(24-10-14)27(13-23)7-5-22/h1-4,6,8-10,13,16,23H,5,7,11-12,22H2/t16-/m0/s1. The Morgan fingerprint density at radius 1 is 1.35 bits per heavy atom. The molecule has 0 radical (unpaired) electrons. The molecule has 0 bridgehead atoms. The van der Waals surface area contributed by atoms with Crippen molar-refractivity contribution < 1.29 is 13.9 Å². The molecule has 4 rings (SSSR count). The van der Waals surface area contributed by atoms with E-state index in [4.69, 9.17) is 15.9 Å². The molecular formula is C20H21FN8O2. The first-order valence-electron chi connectivity index (χ1n) is 9.64. The number of aromatic nitrogens is 4. The van der Waals surface area contributed by atoms with Crippen LogP contribution in [0.4, 0.5) is 20.7 Å². The number of pyridine rings is 1. The van der Waals surface area contributed by atoms with Gasteiger partial charge in [0.25, 0.3) is 0 Å². The van der Waals surface area contributed by atoms with Crippen LogP contribution in [-0.4, -0.2) is 58.1 Å². The summed E-state index contributed by atoms with van der Waals surface area (Å²) < 4.78 is 21.8. The molecule has 2 aromatic heterocycles. The lowest BCUT2D eigenvalue weighted by atomic mass is 10.1. The van der Waals surface area contributed by atoms with Crippen LogP contribution < -0.4 is 15.5 Å². The largest absolute Gasteiger partial charge is 0.442 e. The topological polar surface area (TPSA) is 126 Å². The molecule has 1 aliphatic heterocycles. The summed E-state index contributed by atoms with van der Waals surface area (Å²) in [4.78, 5) is 19.5. The lowest BCUT2D eigenvalue weighted by Crippen LogP contribution is -2.28. The fraction of sp³-hybridized carbons (Fsp3) is 0.250. The Balaban J connectivity index is 1.49. The third-order valence-corrected chi connectivity index (χ3v) is 4.88. The van der Waals surface area contributed by atoms with Gasteiger partial charge in [-0.3, -0.25) is 10.3 Å². The third-order valence-electron chi connectivity index (χ3n) is 4.88. The summed E-state index contributed by atoms with van der Waals surface area (Å²) in [5.74, 6) is 0.0740. The highest BCUT2D eigenvalue weighted by Gasteiger charge is 2.33. The van der Waals surface area contributed by atoms with Crippen molar-refractivity contribution in [2.75, 3.05) is 29.4 Å². The van der Waals surface area contributed by atoms with Crippen molar-refractivity contribution in [3.63, 3.8) is 0 Å². The molecule has 0 aliphatic carbocycles. The molecule has 3 aromatic rings. The van der Waals surface area contributed by atoms with Crippen molar-refractivity contribution in [3.8, 4) is 11.1 Å². The van der Waals surface area contributed by atoms with Gasteiger partial charge < -0.3 is 15.4 Å². The number of carbonyl (C=O) groups excluding carboxylic acids is 1. The fourth-order valence-electron chi connectivity index (χ4n) is 3.37. The number of hydrogen-bond donors (Lipinski definition) is 2. The van der Waals surface area contributed by atoms with Crippen LogP contribution in [0.5, 0.6) is 0 Å². The number of nitrogens with two attached hydrogens (primary N) is 1. The number of cyclic esters (lactones) is 1. The van der Waals surface area contributed by atoms with Crippen LogP contribution in [0.25, 0.3) is 11.1 Å². The summed E-state index contributed by atoms with van der Waals surface area (Å²) in [5.41, 5.74) is 6.88. The van der Waals surface area contributed by atoms with E-state index >= 15 is 0 Å². The molecule has 3 heterocycles. The number of hydrogen-bond acceptors (Lipinski definition) is 7. The van der Waals surface area contributed by atoms with Crippen molar-refractivity contribution in [3.05, 3.63) is 54.7 Å². The monoisotopic (exact) mass is 424 g/mol. The second-order valence-corrected chi connectivity index (χ2v) is 6.92. The van der Waals surface area contributed by atoms with Gasteiger partial charge in [-0.2, -0.15) is 0 Å². The number of anilines is 2. The van der Waals surface area contributed by atoms with Crippen LogP contribution in [0.3, 0.4) is 0 Å². The molecule has 31 heavy (non-hydrogen) atoms. The molecule has 1 aromatic carbocycles. The maximum atomic E-state index is 14.9. The van der Waals surface area contributed by atoms with Crippen molar-refractivity contribution in [1.29, 1.82) is 5.41 Å². The Morgan fingerprint density at radius 2 is 2.23 bits per heavy atom. The van der Waals surface area contributed by atoms with Gasteiger partial charge in [-0.25, -0.2) is 18.9 Å². The summed E-state index contributed by atoms with van der Waals surface area (Å²) >= 11 is 0. The molecule has 1 fully saturated rings. The highest BCUT2D eigenvalue weighted by atomic mass is 19.1. The van der Waals surface area contributed by atoms with E-state index in [0.717, 1.165) is 6.34 Å². The van der Waals surface area contributed by atoms with Gasteiger partial charge in [0, 0.05) is 36.6 Å². The molecule has 0 saturated carbocycles. The normalized spacial score (nSPS) is 15.7. The maximum Gasteiger partial charge on any atom is 0.414 e. The zero-order valence-corrected chi connectivity index (χ0v) is 16.6. The third kappa shape index (κ3) is 4.36. The van der Waals surface area contributed by atoms with Gasteiger partial charge in [-0.05, 0) is 30.3 Å². The first kappa shape index (κ1) is 20.4. The van der Waals surface area contributed by atoms with Crippen LogP contribution in [-0.2, 0) is 11.3 Å². The molecule has 11 heteroatoms. The van der Waals surface area contributed by atoms with Gasteiger partial charge in [0.2, 0.25) is 0 Å². The van der Waals surface area contributed by atoms with Crippen LogP contribution in [0.15, 0.2) is 48.9 Å². The summed E-state index contributed by atoms with van der Waals surface area (Å²) in [6.07, 6.45) is 4.98. The minimum absolute atomic E-state index is 0.286. The first-order chi connectivity index (χ1) is 15.1. The predicted molar refractivity (Wildman–Crippen MR) is 112 cm³/mol. The number of amides is 1. The molecule has 0 unspecified atom stereocenters. The van der Waals surface area contributed by atoms with E-state index in [-0.39, 0.29) is 6.54 Å². The number of nitrogens with zero attached hydrogens (tertiary/aromatic N) is 6. The lowest BCUT2D eigenvalue weighted by Gasteiger charge is -2.17. The van der Waals surface area contributed by atoms with Crippen molar-refractivity contribution in [2.45, 2.75) is 12.6 Å². The minimum atomic E-state index is -0.532. The number of carbonyl (C=O) groups is 1. The van der Waals surface area contributed by atoms with Crippen molar-refractivity contribution in [1.82, 2.24) is 20.0 Å². The molecule has 1 saturated heterocycles. The quantitative estimate of drug-likeness (QED) is 0.418. The predicted octanol–water partition coefficient (Wildman–Crippen LogP) is 1.88. The summed E-state index contributed by atoms with van der Waals surface area (Å²) in [7, 11) is 0. The SMILES string of the molecule is N=CN(CCN)c1ccc(-c2ccc(N3C[C@H](Cn4ccnn4)OC3=O)cc2F)cn1. The second-order valence-electron chi connectivity index (χ2n) is 6.92. The lowest BCUT2D eigenvalue weighted by molar-refractivity contribution is 0.129. The average molecular weight is 424 g/mol. The molecule has 1 aliphatic rings. The van der Waals surface area contributed by atoms with Crippen LogP contribution in [0.1, 0.15) is 0 Å². The molecule has 10 nitrogen and oxygen atoms in total. The zero-order valence-electron chi connectivity index (χ0n) is 16.6. The Labute approximate surface area is 177 Å². The van der Waals surface area contributed by atoms with E-state index in [9.17, 15) is 9.18 Å². The van der Waals surface area contributed by atoms with Gasteiger partial charge in [0.15, 0.2) is 0 Å². The number of halogens is 1. The molecule has 3 N–H and O–H groups in total. The van der Waals surface area contributed by atoms with E-state index in [1.165, 1.54) is 11.0 Å². The Morgan fingerprint density at radius 3 is 2.87 bits per heavy atom. The number of rotatable bonds is 8. The summed E-state index contributed by atoms with van der Waals surface area (Å²) in [6.45, 7) is 1.50. The smallest absolute Gasteiger partial charge is 0.414 e. The Kier molecular flexibility index (Phi) is 5.85. The number of ether oxygens (including phenoxy) is 1. The molecule has 0 spiro atoms. The second kappa shape index (κ2) is 8.88. The average Bonchev–Trinajstić information content (AvgIpc) is 3.42. The van der Waals surface area contributed by atoms with E-state index in [2.05, 4.69) is 15.3 Å².